The Hall–Kier alpha value is -2.32. The van der Waals surface area contributed by atoms with E-state index >= 15 is 0 Å². The van der Waals surface area contributed by atoms with Crippen molar-refractivity contribution in [1.29, 1.82) is 0 Å². The van der Waals surface area contributed by atoms with E-state index in [-0.39, 0.29) is 42.3 Å². The second-order valence-corrected chi connectivity index (χ2v) is 13.9. The molecule has 0 amide bonds. The zero-order chi connectivity index (χ0) is 30.3. The van der Waals surface area contributed by atoms with E-state index in [4.69, 9.17) is 21.2 Å². The first-order valence-corrected chi connectivity index (χ1v) is 15.7. The highest BCUT2D eigenvalue weighted by Gasteiger charge is 2.77. The number of esters is 1. The molecule has 1 heterocycles. The van der Waals surface area contributed by atoms with Gasteiger partial charge in [0.1, 0.15) is 0 Å². The van der Waals surface area contributed by atoms with Gasteiger partial charge in [0.05, 0.1) is 11.0 Å². The molecule has 42 heavy (non-hydrogen) atoms. The molecule has 3 aliphatic carbocycles. The molecule has 1 aliphatic heterocycles. The number of halogens is 1. The first kappa shape index (κ1) is 31.1. The summed E-state index contributed by atoms with van der Waals surface area (Å²) in [6.07, 6.45) is 8.96. The molecule has 5 rings (SSSR count). The fraction of sp³-hybridized carbons (Fsp3) is 0.618. The number of carbonyl (C=O) groups excluding carboxylic acids is 3. The van der Waals surface area contributed by atoms with Crippen LogP contribution in [-0.4, -0.2) is 64.0 Å². The molecule has 1 N–H and O–H groups in total. The Bertz CT molecular complexity index is 1250. The molecule has 1 saturated heterocycles. The molecule has 3 saturated carbocycles. The second kappa shape index (κ2) is 11.6. The number of rotatable bonds is 10. The number of fused-ring (bicyclic) bond motifs is 5. The SMILES string of the molecule is C=CC(=O)/C=C\[C@@]1(C)CCC[C@H]2[C@@H]3C[C@H]4CN(CCCc5ccccc5)O[C@@]4(C(=O)COC(C)=O)[C@@]3(C)C[C@H](O)[C@@]21Cl. The van der Waals surface area contributed by atoms with Crippen LogP contribution in [0.25, 0.3) is 0 Å². The van der Waals surface area contributed by atoms with Crippen molar-refractivity contribution < 1.29 is 29.1 Å². The van der Waals surface area contributed by atoms with Crippen LogP contribution in [0.2, 0.25) is 0 Å². The van der Waals surface area contributed by atoms with Crippen molar-refractivity contribution in [3.8, 4) is 0 Å². The third-order valence-corrected chi connectivity index (χ3v) is 12.0. The van der Waals surface area contributed by atoms with Crippen LogP contribution in [0.5, 0.6) is 0 Å². The second-order valence-electron chi connectivity index (χ2n) is 13.3. The van der Waals surface area contributed by atoms with Gasteiger partial charge in [-0.15, -0.1) is 11.6 Å². The molecule has 0 bridgehead atoms. The van der Waals surface area contributed by atoms with E-state index < -0.39 is 33.4 Å². The highest BCUT2D eigenvalue weighted by molar-refractivity contribution is 6.25. The topological polar surface area (TPSA) is 93.1 Å². The lowest BCUT2D eigenvalue weighted by Gasteiger charge is -2.63. The van der Waals surface area contributed by atoms with Crippen LogP contribution in [0.1, 0.15) is 64.9 Å². The molecule has 8 heteroatoms. The summed E-state index contributed by atoms with van der Waals surface area (Å²) in [5.74, 6) is -1.15. The zero-order valence-electron chi connectivity index (χ0n) is 25.0. The summed E-state index contributed by atoms with van der Waals surface area (Å²) in [4.78, 5) is 43.7. The lowest BCUT2D eigenvalue weighted by Crippen LogP contribution is -2.68. The van der Waals surface area contributed by atoms with Crippen molar-refractivity contribution >= 4 is 29.1 Å². The molecular weight excluding hydrogens is 554 g/mol. The Morgan fingerprint density at radius 1 is 1.21 bits per heavy atom. The standard InChI is InChI=1S/C34H44ClNO6/c1-5-26(38)15-17-31(3)16-9-14-27-28-19-25-21-36(18-10-13-24-11-7-6-8-12-24)42-34(25,30(40)22-41-23(2)37)32(28,4)20-29(39)33(27,31)35/h5-8,11-12,15,17,25,27-29,39H,1,9-10,13-14,16,18-22H2,2-4H3/b17-15-/t25-,27-,28-,29-,31+,32-,33-,34-/m0/s1. The number of nitrogens with zero attached hydrogens (tertiary/aromatic N) is 1. The Labute approximate surface area is 254 Å². The van der Waals surface area contributed by atoms with Gasteiger partial charge in [-0.2, -0.15) is 5.06 Å². The normalized spacial score (nSPS) is 39.4. The number of Topliss-reactive ketones (excluding diaryl/α,β-unsaturated/α-hetero) is 1. The molecular formula is C34H44ClNO6. The molecule has 4 aliphatic rings. The molecule has 7 nitrogen and oxygen atoms in total. The first-order valence-electron chi connectivity index (χ1n) is 15.3. The number of allylic oxidation sites excluding steroid dienone is 3. The lowest BCUT2D eigenvalue weighted by atomic mass is 9.47. The van der Waals surface area contributed by atoms with E-state index in [2.05, 4.69) is 25.6 Å². The third-order valence-electron chi connectivity index (χ3n) is 11.0. The quantitative estimate of drug-likeness (QED) is 0.224. The van der Waals surface area contributed by atoms with Crippen LogP contribution in [0.15, 0.2) is 55.1 Å². The molecule has 0 aromatic heterocycles. The van der Waals surface area contributed by atoms with Gasteiger partial charge in [-0.1, -0.05) is 63.3 Å². The lowest BCUT2D eigenvalue weighted by molar-refractivity contribution is -0.250. The van der Waals surface area contributed by atoms with Crippen molar-refractivity contribution in [2.24, 2.45) is 28.6 Å². The number of hydrogen-bond donors (Lipinski definition) is 1. The average Bonchev–Trinajstić information content (AvgIpc) is 3.44. The van der Waals surface area contributed by atoms with Gasteiger partial charge in [0.25, 0.3) is 0 Å². The average molecular weight is 598 g/mol. The number of aliphatic hydroxyl groups is 1. The Morgan fingerprint density at radius 2 is 1.95 bits per heavy atom. The molecule has 0 unspecified atom stereocenters. The van der Waals surface area contributed by atoms with E-state index in [1.165, 1.54) is 24.6 Å². The Kier molecular flexibility index (Phi) is 8.63. The number of hydrogen-bond acceptors (Lipinski definition) is 7. The minimum Gasteiger partial charge on any atom is -0.458 e. The minimum atomic E-state index is -1.22. The van der Waals surface area contributed by atoms with Crippen molar-refractivity contribution in [3.63, 3.8) is 0 Å². The predicted molar refractivity (Wildman–Crippen MR) is 160 cm³/mol. The largest absolute Gasteiger partial charge is 0.458 e. The maximum Gasteiger partial charge on any atom is 0.303 e. The smallest absolute Gasteiger partial charge is 0.303 e. The number of aliphatic hydroxyl groups excluding tert-OH is 1. The van der Waals surface area contributed by atoms with E-state index in [0.29, 0.717) is 13.1 Å². The third kappa shape index (κ3) is 4.90. The summed E-state index contributed by atoms with van der Waals surface area (Å²) < 4.78 is 5.24. The molecule has 0 radical (unpaired) electrons. The summed E-state index contributed by atoms with van der Waals surface area (Å²) in [7, 11) is 0. The molecule has 228 valence electrons. The summed E-state index contributed by atoms with van der Waals surface area (Å²) in [6.45, 7) is 9.88. The van der Waals surface area contributed by atoms with Crippen LogP contribution in [0.3, 0.4) is 0 Å². The van der Waals surface area contributed by atoms with Crippen LogP contribution >= 0.6 is 11.6 Å². The summed E-state index contributed by atoms with van der Waals surface area (Å²) in [6, 6.07) is 10.3. The number of benzene rings is 1. The van der Waals surface area contributed by atoms with E-state index in [0.717, 1.165) is 38.5 Å². The summed E-state index contributed by atoms with van der Waals surface area (Å²) >= 11 is 7.59. The number of aryl methyl sites for hydroxylation is 1. The number of carbonyl (C=O) groups is 3. The molecule has 0 spiro atoms. The van der Waals surface area contributed by atoms with Gasteiger partial charge in [-0.3, -0.25) is 19.2 Å². The Balaban J connectivity index is 1.45. The number of hydroxylamine groups is 2. The van der Waals surface area contributed by atoms with Crippen LogP contribution in [0, 0.1) is 28.6 Å². The molecule has 4 fully saturated rings. The predicted octanol–water partition coefficient (Wildman–Crippen LogP) is 5.24. The minimum absolute atomic E-state index is 0.0132. The fourth-order valence-electron chi connectivity index (χ4n) is 9.10. The number of ether oxygens (including phenoxy) is 1. The van der Waals surface area contributed by atoms with Gasteiger partial charge in [-0.25, -0.2) is 0 Å². The van der Waals surface area contributed by atoms with Gasteiger partial charge in [0, 0.05) is 36.8 Å². The monoisotopic (exact) mass is 597 g/mol. The first-order chi connectivity index (χ1) is 19.9. The summed E-state index contributed by atoms with van der Waals surface area (Å²) in [5.41, 5.74) is -1.30. The van der Waals surface area contributed by atoms with Gasteiger partial charge in [0.2, 0.25) is 5.78 Å². The van der Waals surface area contributed by atoms with Crippen LogP contribution < -0.4 is 0 Å². The maximum atomic E-state index is 14.1. The van der Waals surface area contributed by atoms with Gasteiger partial charge >= 0.3 is 5.97 Å². The van der Waals surface area contributed by atoms with Crippen molar-refractivity contribution in [1.82, 2.24) is 5.06 Å². The Morgan fingerprint density at radius 3 is 2.64 bits per heavy atom. The highest BCUT2D eigenvalue weighted by atomic mass is 35.5. The van der Waals surface area contributed by atoms with Gasteiger partial charge in [0.15, 0.2) is 18.0 Å². The summed E-state index contributed by atoms with van der Waals surface area (Å²) in [5, 5.41) is 13.9. The van der Waals surface area contributed by atoms with Crippen molar-refractivity contribution in [2.45, 2.75) is 82.3 Å². The molecule has 1 aromatic rings. The van der Waals surface area contributed by atoms with E-state index in [1.54, 1.807) is 0 Å². The highest BCUT2D eigenvalue weighted by Crippen LogP contribution is 2.72. The van der Waals surface area contributed by atoms with Crippen molar-refractivity contribution in [2.75, 3.05) is 19.7 Å². The maximum absolute atomic E-state index is 14.1. The fourth-order valence-corrected chi connectivity index (χ4v) is 9.59. The molecule has 8 atom stereocenters. The van der Waals surface area contributed by atoms with Crippen molar-refractivity contribution in [3.05, 3.63) is 60.7 Å². The van der Waals surface area contributed by atoms with E-state index in [1.807, 2.05) is 36.3 Å². The molecule has 1 aromatic carbocycles. The number of ketones is 2. The van der Waals surface area contributed by atoms with Crippen LogP contribution in [-0.2, 0) is 30.4 Å². The zero-order valence-corrected chi connectivity index (χ0v) is 25.8. The van der Waals surface area contributed by atoms with E-state index in [9.17, 15) is 19.5 Å². The van der Waals surface area contributed by atoms with Gasteiger partial charge < -0.3 is 9.84 Å². The number of alkyl halides is 1. The van der Waals surface area contributed by atoms with Crippen LogP contribution in [0.4, 0.5) is 0 Å². The van der Waals surface area contributed by atoms with Gasteiger partial charge in [-0.05, 0) is 68.1 Å².